The van der Waals surface area contributed by atoms with Crippen molar-refractivity contribution in [1.29, 1.82) is 0 Å². The van der Waals surface area contributed by atoms with E-state index in [4.69, 9.17) is 4.74 Å². The summed E-state index contributed by atoms with van der Waals surface area (Å²) in [5.74, 6) is -3.14. The third-order valence-corrected chi connectivity index (χ3v) is 6.09. The maximum absolute atomic E-state index is 12.7. The lowest BCUT2D eigenvalue weighted by Crippen LogP contribution is -2.70. The third kappa shape index (κ3) is 4.32. The lowest BCUT2D eigenvalue weighted by molar-refractivity contribution is -0.186. The average Bonchev–Trinajstić information content (AvgIpc) is 3.12. The topological polar surface area (TPSA) is 142 Å². The van der Waals surface area contributed by atoms with Gasteiger partial charge in [0.2, 0.25) is 5.91 Å². The molecule has 0 aromatic heterocycles. The van der Waals surface area contributed by atoms with Crippen LogP contribution >= 0.6 is 0 Å². The Labute approximate surface area is 195 Å². The molecular weight excluding hydrogens is 444 g/mol. The zero-order valence-corrected chi connectivity index (χ0v) is 18.4. The number of esters is 1. The van der Waals surface area contributed by atoms with Gasteiger partial charge >= 0.3 is 18.0 Å². The maximum Gasteiger partial charge on any atom is 0.407 e. The molecule has 1 heterocycles. The first-order chi connectivity index (χ1) is 16.2. The summed E-state index contributed by atoms with van der Waals surface area (Å²) in [6.45, 7) is -0.721. The number of aliphatic hydroxyl groups is 1. The van der Waals surface area contributed by atoms with Crippen molar-refractivity contribution in [3.63, 3.8) is 0 Å². The molecule has 2 aromatic rings. The highest BCUT2D eigenvalue weighted by atomic mass is 16.6. The van der Waals surface area contributed by atoms with E-state index in [2.05, 4.69) is 10.1 Å². The Morgan fingerprint density at radius 3 is 2.15 bits per heavy atom. The van der Waals surface area contributed by atoms with Gasteiger partial charge in [0.1, 0.15) is 12.6 Å². The first-order valence-corrected chi connectivity index (χ1v) is 10.7. The molecule has 0 saturated carbocycles. The molecule has 2 aromatic carbocycles. The van der Waals surface area contributed by atoms with Crippen molar-refractivity contribution in [1.82, 2.24) is 10.2 Å². The highest BCUT2D eigenvalue weighted by Crippen LogP contribution is 2.44. The Hall–Kier alpha value is -3.92. The van der Waals surface area contributed by atoms with E-state index in [1.807, 2.05) is 48.5 Å². The second-order valence-corrected chi connectivity index (χ2v) is 8.34. The van der Waals surface area contributed by atoms with Gasteiger partial charge < -0.3 is 29.9 Å². The summed E-state index contributed by atoms with van der Waals surface area (Å²) < 4.78 is 9.89. The molecule has 10 heteroatoms. The van der Waals surface area contributed by atoms with Gasteiger partial charge in [-0.25, -0.2) is 9.59 Å². The van der Waals surface area contributed by atoms with Gasteiger partial charge in [-0.2, -0.15) is 0 Å². The fraction of sp³-hybridized carbons (Fsp3) is 0.333. The van der Waals surface area contributed by atoms with Gasteiger partial charge in [0, 0.05) is 5.92 Å². The summed E-state index contributed by atoms with van der Waals surface area (Å²) in [7, 11) is 1.11. The number of ether oxygens (including phenoxy) is 2. The molecule has 178 valence electrons. The summed E-state index contributed by atoms with van der Waals surface area (Å²) in [6, 6.07) is 14.2. The molecule has 2 amide bonds. The standard InChI is InChI=1S/C24H24N2O8/c1-33-22(30)24(32)12-26(13-24)21(29)19(10-20(27)28)25-23(31)34-11-18-16-8-4-2-6-14(16)15-7-3-5-9-17(15)18/h2-9,18-19,32H,10-13H2,1H3,(H,25,31)(H,27,28). The first kappa shape index (κ1) is 23.2. The number of carboxylic acid groups (broad SMARTS) is 1. The van der Waals surface area contributed by atoms with Gasteiger partial charge in [-0.15, -0.1) is 0 Å². The minimum Gasteiger partial charge on any atom is -0.481 e. The smallest absolute Gasteiger partial charge is 0.407 e. The van der Waals surface area contributed by atoms with Crippen molar-refractivity contribution >= 4 is 23.9 Å². The molecule has 0 bridgehead atoms. The minimum atomic E-state index is -1.85. The van der Waals surface area contributed by atoms with Crippen molar-refractivity contribution in [2.24, 2.45) is 0 Å². The lowest BCUT2D eigenvalue weighted by Gasteiger charge is -2.44. The Morgan fingerprint density at radius 1 is 1.06 bits per heavy atom. The van der Waals surface area contributed by atoms with E-state index >= 15 is 0 Å². The second kappa shape index (κ2) is 9.14. The van der Waals surface area contributed by atoms with Crippen LogP contribution in [-0.4, -0.2) is 77.5 Å². The average molecular weight is 468 g/mol. The molecule has 2 aliphatic rings. The van der Waals surface area contributed by atoms with Crippen molar-refractivity contribution in [2.75, 3.05) is 26.8 Å². The molecule has 3 N–H and O–H groups in total. The van der Waals surface area contributed by atoms with Crippen LogP contribution in [0.5, 0.6) is 0 Å². The number of carboxylic acids is 1. The quantitative estimate of drug-likeness (QED) is 0.513. The van der Waals surface area contributed by atoms with Crippen LogP contribution in [0.25, 0.3) is 11.1 Å². The summed E-state index contributed by atoms with van der Waals surface area (Å²) in [5, 5.41) is 21.6. The number of hydrogen-bond acceptors (Lipinski definition) is 7. The zero-order valence-electron chi connectivity index (χ0n) is 18.4. The fourth-order valence-corrected chi connectivity index (χ4v) is 4.44. The molecule has 10 nitrogen and oxygen atoms in total. The second-order valence-electron chi connectivity index (χ2n) is 8.34. The van der Waals surface area contributed by atoms with Gasteiger partial charge in [-0.1, -0.05) is 48.5 Å². The summed E-state index contributed by atoms with van der Waals surface area (Å²) >= 11 is 0. The van der Waals surface area contributed by atoms with Crippen molar-refractivity contribution in [2.45, 2.75) is 24.0 Å². The number of likely N-dealkylation sites (tertiary alicyclic amines) is 1. The van der Waals surface area contributed by atoms with E-state index in [1.165, 1.54) is 0 Å². The molecule has 4 rings (SSSR count). The number of nitrogens with one attached hydrogen (secondary N) is 1. The maximum atomic E-state index is 12.7. The molecule has 34 heavy (non-hydrogen) atoms. The number of carbonyl (C=O) groups is 4. The van der Waals surface area contributed by atoms with Gasteiger partial charge in [0.05, 0.1) is 26.6 Å². The minimum absolute atomic E-state index is 0.000349. The Balaban J connectivity index is 1.40. The van der Waals surface area contributed by atoms with Gasteiger partial charge in [0.15, 0.2) is 5.60 Å². The number of carbonyl (C=O) groups excluding carboxylic acids is 3. The molecule has 1 fully saturated rings. The molecule has 1 unspecified atom stereocenters. The zero-order chi connectivity index (χ0) is 24.5. The van der Waals surface area contributed by atoms with Crippen LogP contribution in [0.15, 0.2) is 48.5 Å². The van der Waals surface area contributed by atoms with Crippen LogP contribution in [-0.2, 0) is 23.9 Å². The van der Waals surface area contributed by atoms with Crippen LogP contribution < -0.4 is 5.32 Å². The number of aliphatic carboxylic acids is 1. The monoisotopic (exact) mass is 468 g/mol. The molecule has 1 saturated heterocycles. The summed E-state index contributed by atoms with van der Waals surface area (Å²) in [6.07, 6.45) is -1.62. The summed E-state index contributed by atoms with van der Waals surface area (Å²) in [5.41, 5.74) is 2.29. The van der Waals surface area contributed by atoms with E-state index in [-0.39, 0.29) is 25.6 Å². The highest BCUT2D eigenvalue weighted by molar-refractivity contribution is 5.92. The van der Waals surface area contributed by atoms with E-state index in [0.717, 1.165) is 34.3 Å². The largest absolute Gasteiger partial charge is 0.481 e. The number of amides is 2. The molecule has 1 atom stereocenters. The highest BCUT2D eigenvalue weighted by Gasteiger charge is 2.52. The van der Waals surface area contributed by atoms with Crippen LogP contribution in [0.3, 0.4) is 0 Å². The van der Waals surface area contributed by atoms with E-state index < -0.39 is 42.0 Å². The Morgan fingerprint density at radius 2 is 1.62 bits per heavy atom. The number of rotatable bonds is 7. The first-order valence-electron chi connectivity index (χ1n) is 10.7. The molecule has 1 aliphatic carbocycles. The van der Waals surface area contributed by atoms with Crippen molar-refractivity contribution in [3.8, 4) is 11.1 Å². The summed E-state index contributed by atoms with van der Waals surface area (Å²) in [4.78, 5) is 49.2. The van der Waals surface area contributed by atoms with E-state index in [0.29, 0.717) is 0 Å². The number of β-amino-alcohol motifs (C(OH)–C–C–N with tert-alkyl or cyclic N) is 1. The Bertz CT molecular complexity index is 1100. The fourth-order valence-electron chi connectivity index (χ4n) is 4.44. The third-order valence-electron chi connectivity index (χ3n) is 6.09. The molecule has 0 spiro atoms. The Kier molecular flexibility index (Phi) is 6.25. The molecular formula is C24H24N2O8. The number of fused-ring (bicyclic) bond motifs is 3. The normalized spacial score (nSPS) is 16.5. The van der Waals surface area contributed by atoms with Gasteiger partial charge in [-0.3, -0.25) is 9.59 Å². The predicted octanol–water partition coefficient (Wildman–Crippen LogP) is 1.11. The van der Waals surface area contributed by atoms with Gasteiger partial charge in [-0.05, 0) is 22.3 Å². The molecule has 0 radical (unpaired) electrons. The SMILES string of the molecule is COC(=O)C1(O)CN(C(=O)C(CC(=O)O)NC(=O)OCC2c3ccccc3-c3ccccc32)C1. The number of alkyl carbamates (subject to hydrolysis) is 1. The predicted molar refractivity (Wildman–Crippen MR) is 118 cm³/mol. The number of hydrogen-bond donors (Lipinski definition) is 3. The van der Waals surface area contributed by atoms with Crippen molar-refractivity contribution < 1.29 is 38.9 Å². The molecule has 1 aliphatic heterocycles. The number of methoxy groups -OCH3 is 1. The number of nitrogens with zero attached hydrogens (tertiary/aromatic N) is 1. The van der Waals surface area contributed by atoms with Crippen LogP contribution in [0, 0.1) is 0 Å². The van der Waals surface area contributed by atoms with Crippen LogP contribution in [0.2, 0.25) is 0 Å². The van der Waals surface area contributed by atoms with Crippen LogP contribution in [0.4, 0.5) is 4.79 Å². The lowest BCUT2D eigenvalue weighted by atomic mass is 9.93. The van der Waals surface area contributed by atoms with Crippen LogP contribution in [0.1, 0.15) is 23.5 Å². The number of benzene rings is 2. The van der Waals surface area contributed by atoms with Crippen molar-refractivity contribution in [3.05, 3.63) is 59.7 Å². The van der Waals surface area contributed by atoms with E-state index in [1.54, 1.807) is 0 Å². The van der Waals surface area contributed by atoms with E-state index in [9.17, 15) is 29.4 Å². The van der Waals surface area contributed by atoms with Gasteiger partial charge in [0.25, 0.3) is 0 Å².